The first kappa shape index (κ1) is 43.2. The van der Waals surface area contributed by atoms with Gasteiger partial charge in [-0.25, -0.2) is 9.37 Å². The molecule has 3 aromatic carbocycles. The van der Waals surface area contributed by atoms with Crippen molar-refractivity contribution < 1.29 is 59.4 Å². The molecule has 61 heavy (non-hydrogen) atoms. The summed E-state index contributed by atoms with van der Waals surface area (Å²) in [5.41, 5.74) is 2.41. The lowest BCUT2D eigenvalue weighted by Gasteiger charge is -2.41. The van der Waals surface area contributed by atoms with E-state index >= 15 is 0 Å². The summed E-state index contributed by atoms with van der Waals surface area (Å²) in [5, 5.41) is 1.41. The molecular weight excluding hydrogens is 833 g/mol. The Bertz CT molecular complexity index is 2870. The summed E-state index contributed by atoms with van der Waals surface area (Å²) in [4.78, 5) is 58.4. The Morgan fingerprint density at radius 2 is 1.48 bits per heavy atom. The van der Waals surface area contributed by atoms with Crippen molar-refractivity contribution in [2.24, 2.45) is 0 Å². The molecule has 0 bridgehead atoms. The van der Waals surface area contributed by atoms with Crippen LogP contribution in [-0.2, 0) is 39.4 Å². The van der Waals surface area contributed by atoms with Gasteiger partial charge in [0.05, 0.1) is 23.7 Å². The molecule has 0 spiro atoms. The van der Waals surface area contributed by atoms with E-state index in [4.69, 9.17) is 14.3 Å². The van der Waals surface area contributed by atoms with Crippen molar-refractivity contribution in [2.75, 3.05) is 50.7 Å². The van der Waals surface area contributed by atoms with Gasteiger partial charge >= 0.3 is 6.16 Å². The summed E-state index contributed by atoms with van der Waals surface area (Å²) in [5.74, 6) is -2.49. The topological polar surface area (TPSA) is 217 Å². The monoisotopic (exact) mass is 877 g/mol. The number of hydrogen-bond donors (Lipinski definition) is 2. The van der Waals surface area contributed by atoms with Crippen LogP contribution in [0.15, 0.2) is 60.7 Å². The molecule has 2 N–H and O–H groups in total. The number of anilines is 1. The Kier molecular flexibility index (Phi) is 10.8. The molecule has 0 aromatic heterocycles. The van der Waals surface area contributed by atoms with Crippen molar-refractivity contribution in [1.82, 2.24) is 14.5 Å². The molecule has 3 amide bonds. The number of fused-ring (bicyclic) bond motifs is 4. The van der Waals surface area contributed by atoms with Crippen molar-refractivity contribution >= 4 is 66.5 Å². The highest BCUT2D eigenvalue weighted by molar-refractivity contribution is 7.86. The minimum absolute atomic E-state index is 0.0941. The Hall–Kier alpha value is -5.89. The number of rotatable bonds is 10. The zero-order valence-corrected chi connectivity index (χ0v) is 36.1. The molecule has 19 heteroatoms. The van der Waals surface area contributed by atoms with Gasteiger partial charge in [-0.3, -0.25) is 28.3 Å². The van der Waals surface area contributed by atoms with Crippen molar-refractivity contribution in [3.8, 4) is 11.5 Å². The number of hydroxylamine groups is 2. The number of ether oxygens (including phenoxy) is 2. The fourth-order valence-corrected chi connectivity index (χ4v) is 9.26. The Labute approximate surface area is 352 Å². The van der Waals surface area contributed by atoms with Crippen LogP contribution in [0, 0.1) is 0 Å². The Balaban J connectivity index is 1.40. The van der Waals surface area contributed by atoms with Crippen molar-refractivity contribution in [1.29, 1.82) is 0 Å². The molecule has 0 radical (unpaired) electrons. The number of hydrogen-bond acceptors (Lipinski definition) is 12. The average molecular weight is 878 g/mol. The van der Waals surface area contributed by atoms with Gasteiger partial charge in [0.2, 0.25) is 5.36 Å². The molecule has 7 rings (SSSR count). The summed E-state index contributed by atoms with van der Waals surface area (Å²) >= 11 is 0. The maximum atomic E-state index is 14.4. The van der Waals surface area contributed by atoms with Crippen LogP contribution in [0.2, 0.25) is 0 Å². The van der Waals surface area contributed by atoms with E-state index < -0.39 is 66.7 Å². The number of carbonyl (C=O) groups excluding carboxylic acids is 4. The molecule has 4 aliphatic heterocycles. The molecule has 0 saturated carbocycles. The van der Waals surface area contributed by atoms with E-state index in [9.17, 15) is 45.1 Å². The van der Waals surface area contributed by atoms with Gasteiger partial charge in [0.1, 0.15) is 36.7 Å². The highest BCUT2D eigenvalue weighted by Gasteiger charge is 2.38. The number of imide groups is 1. The van der Waals surface area contributed by atoms with Gasteiger partial charge in [0.15, 0.2) is 5.54 Å². The highest BCUT2D eigenvalue weighted by atomic mass is 32.2. The van der Waals surface area contributed by atoms with Crippen molar-refractivity contribution in [3.05, 3.63) is 99.1 Å². The minimum atomic E-state index is -4.49. The molecule has 0 aliphatic carbocycles. The predicted molar refractivity (Wildman–Crippen MR) is 223 cm³/mol. The first-order valence-electron chi connectivity index (χ1n) is 19.1. The third-order valence-electron chi connectivity index (χ3n) is 11.4. The van der Waals surface area contributed by atoms with Crippen LogP contribution in [-0.4, -0.2) is 117 Å². The van der Waals surface area contributed by atoms with E-state index in [1.165, 1.54) is 11.9 Å². The lowest BCUT2D eigenvalue weighted by atomic mass is 9.83. The molecule has 1 fully saturated rings. The second-order valence-electron chi connectivity index (χ2n) is 16.5. The third-order valence-corrected chi connectivity index (χ3v) is 12.8. The fraction of sp³-hybridized carbons (Fsp3) is 0.357. The largest absolute Gasteiger partial charge is 0.534 e. The molecule has 3 aromatic rings. The van der Waals surface area contributed by atoms with Crippen LogP contribution in [0.4, 0.5) is 10.5 Å². The van der Waals surface area contributed by atoms with E-state index in [2.05, 4.69) is 0 Å². The van der Waals surface area contributed by atoms with E-state index in [1.54, 1.807) is 60.7 Å². The van der Waals surface area contributed by atoms with Crippen LogP contribution in [0.25, 0.3) is 16.7 Å². The quantitative estimate of drug-likeness (QED) is 0.101. The number of likely N-dealkylation sites (N-methyl/N-ethyl adjacent to an activating group) is 3. The van der Waals surface area contributed by atoms with Gasteiger partial charge in [-0.2, -0.15) is 16.8 Å². The second-order valence-corrected chi connectivity index (χ2v) is 19.4. The van der Waals surface area contributed by atoms with Gasteiger partial charge in [-0.05, 0) is 54.8 Å². The lowest BCUT2D eigenvalue weighted by Crippen LogP contribution is -2.47. The third kappa shape index (κ3) is 8.42. The summed E-state index contributed by atoms with van der Waals surface area (Å²) in [6, 6.07) is 13.8. The van der Waals surface area contributed by atoms with Gasteiger partial charge in [0.25, 0.3) is 38.0 Å². The smallest absolute Gasteiger partial charge is 0.456 e. The van der Waals surface area contributed by atoms with E-state index in [0.29, 0.717) is 71.8 Å². The van der Waals surface area contributed by atoms with Gasteiger partial charge < -0.3 is 19.3 Å². The Morgan fingerprint density at radius 1 is 0.852 bits per heavy atom. The van der Waals surface area contributed by atoms with Crippen molar-refractivity contribution in [2.45, 2.75) is 51.6 Å². The van der Waals surface area contributed by atoms with E-state index in [-0.39, 0.29) is 31.6 Å². The highest BCUT2D eigenvalue weighted by Crippen LogP contribution is 2.46. The Morgan fingerprint density at radius 3 is 2.11 bits per heavy atom. The first-order chi connectivity index (χ1) is 28.3. The van der Waals surface area contributed by atoms with Crippen LogP contribution < -0.4 is 24.8 Å². The number of benzene rings is 3. The van der Waals surface area contributed by atoms with Gasteiger partial charge in [-0.1, -0.05) is 29.3 Å². The molecule has 322 valence electrons. The van der Waals surface area contributed by atoms with Crippen LogP contribution >= 0.6 is 0 Å². The predicted octanol–water partition coefficient (Wildman–Crippen LogP) is 3.01. The van der Waals surface area contributed by atoms with Crippen LogP contribution in [0.3, 0.4) is 0 Å². The number of nitrogens with zero attached hydrogens (tertiary/aromatic N) is 4. The minimum Gasteiger partial charge on any atom is -0.456 e. The molecule has 4 heterocycles. The number of carbonyl (C=O) groups is 4. The summed E-state index contributed by atoms with van der Waals surface area (Å²) in [6.45, 7) is 7.11. The standard InChI is InChI=1S/C42H44N4O13S2/c1-41(2)20-24(22-60(51,52)53)28-16-30-34(18-32(28)44(41)6)58-35-19-33-29(25(23-61(54,55)56)21-42(3,4)45(33)7)17-31(35)38(30)26-10-8-9-11-27(26)39(49)43(5)14-15-57-40(50)59-46-36(47)12-13-37(46)48/h8-11,16-21H,12-15,22-23H2,1-7H3,(H-,51,52,53,54,55,56)/p+1. The molecule has 17 nitrogen and oxygen atoms in total. The summed E-state index contributed by atoms with van der Waals surface area (Å²) < 4.78 is 83.3. The normalized spacial score (nSPS) is 17.7. The summed E-state index contributed by atoms with van der Waals surface area (Å²) in [7, 11) is -3.81. The van der Waals surface area contributed by atoms with Crippen LogP contribution in [0.5, 0.6) is 11.5 Å². The van der Waals surface area contributed by atoms with E-state index in [1.807, 2.05) is 51.3 Å². The molecule has 4 aliphatic rings. The maximum absolute atomic E-state index is 14.4. The zero-order chi connectivity index (χ0) is 44.6. The second kappa shape index (κ2) is 15.2. The van der Waals surface area contributed by atoms with Crippen LogP contribution in [0.1, 0.15) is 73.1 Å². The average Bonchev–Trinajstić information content (AvgIpc) is 3.47. The van der Waals surface area contributed by atoms with Gasteiger partial charge in [0, 0.05) is 80.0 Å². The fourth-order valence-electron chi connectivity index (χ4n) is 8.00. The molecular formula is C42H45N4O13S2+. The first-order valence-corrected chi connectivity index (χ1v) is 22.4. The zero-order valence-electron chi connectivity index (χ0n) is 34.5. The van der Waals surface area contributed by atoms with E-state index in [0.717, 1.165) is 0 Å². The maximum Gasteiger partial charge on any atom is 0.534 e. The summed E-state index contributed by atoms with van der Waals surface area (Å²) in [6.07, 6.45) is 2.04. The SMILES string of the molecule is CN(CCOC(=O)ON1C(=O)CCC1=O)C(=O)c1ccccc1C1=c2cc3c(cc2Oc2cc4c(cc21)C(CS(=O)(=O)O)=CC(C)(C)N4C)=[N+](C)C(C)(C)C=C3CS(=O)(=O)O. The van der Waals surface area contributed by atoms with Gasteiger partial charge in [-0.15, -0.1) is 0 Å². The molecule has 1 saturated heterocycles. The number of amides is 3. The lowest BCUT2D eigenvalue weighted by molar-refractivity contribution is -0.177. The molecule has 0 atom stereocenters. The molecule has 0 unspecified atom stereocenters. The van der Waals surface area contributed by atoms with Crippen molar-refractivity contribution in [3.63, 3.8) is 0 Å².